The van der Waals surface area contributed by atoms with E-state index in [2.05, 4.69) is 10.2 Å². The first-order chi connectivity index (χ1) is 16.9. The van der Waals surface area contributed by atoms with Crippen LogP contribution in [0.2, 0.25) is 0 Å². The third kappa shape index (κ3) is 4.58. The highest BCUT2D eigenvalue weighted by molar-refractivity contribution is 6.22. The number of imide groups is 1. The van der Waals surface area contributed by atoms with Gasteiger partial charge in [0.1, 0.15) is 0 Å². The van der Waals surface area contributed by atoms with E-state index in [0.717, 1.165) is 45.2 Å². The number of amides is 4. The Morgan fingerprint density at radius 3 is 2.11 bits per heavy atom. The summed E-state index contributed by atoms with van der Waals surface area (Å²) in [6.07, 6.45) is 4.85. The Labute approximate surface area is 204 Å². The molecule has 0 aromatic heterocycles. The van der Waals surface area contributed by atoms with Gasteiger partial charge in [0.2, 0.25) is 0 Å². The average Bonchev–Trinajstić information content (AvgIpc) is 3.14. The van der Waals surface area contributed by atoms with Crippen LogP contribution in [0.1, 0.15) is 73.5 Å². The van der Waals surface area contributed by atoms with Crippen LogP contribution in [-0.2, 0) is 0 Å². The van der Waals surface area contributed by atoms with Crippen molar-refractivity contribution in [3.63, 3.8) is 0 Å². The summed E-state index contributed by atoms with van der Waals surface area (Å²) in [5.74, 6) is -0.953. The highest BCUT2D eigenvalue weighted by atomic mass is 16.2. The maximum atomic E-state index is 13.0. The molecule has 1 saturated carbocycles. The van der Waals surface area contributed by atoms with Gasteiger partial charge in [-0.1, -0.05) is 19.3 Å². The van der Waals surface area contributed by atoms with Crippen LogP contribution in [0.3, 0.4) is 0 Å². The zero-order valence-electron chi connectivity index (χ0n) is 20.0. The van der Waals surface area contributed by atoms with Gasteiger partial charge in [0.05, 0.1) is 11.1 Å². The van der Waals surface area contributed by atoms with Gasteiger partial charge in [-0.25, -0.2) is 0 Å². The number of nitrogens with zero attached hydrogens (tertiary/aromatic N) is 3. The Hall–Kier alpha value is -3.52. The second-order valence-electron chi connectivity index (χ2n) is 9.66. The van der Waals surface area contributed by atoms with Gasteiger partial charge in [0.15, 0.2) is 0 Å². The minimum atomic E-state index is -0.373. The molecular weight excluding hydrogens is 444 g/mol. The number of rotatable bonds is 4. The molecule has 3 aliphatic rings. The molecule has 2 heterocycles. The summed E-state index contributed by atoms with van der Waals surface area (Å²) < 4.78 is 0. The molecule has 2 aromatic carbocycles. The van der Waals surface area contributed by atoms with Gasteiger partial charge in [0.25, 0.3) is 23.6 Å². The van der Waals surface area contributed by atoms with Gasteiger partial charge in [0, 0.05) is 49.0 Å². The SMILES string of the molecule is CN1CCN(C(=O)c2ccc(NC(=O)c3ccc4c(c3)C(=O)N(C3CCCCC3)C4=O)cc2)CC1. The minimum Gasteiger partial charge on any atom is -0.336 e. The molecule has 182 valence electrons. The molecule has 2 aliphatic heterocycles. The van der Waals surface area contributed by atoms with Gasteiger partial charge in [-0.05, 0) is 62.4 Å². The topological polar surface area (TPSA) is 90.0 Å². The lowest BCUT2D eigenvalue weighted by molar-refractivity contribution is 0.0548. The van der Waals surface area contributed by atoms with E-state index in [1.54, 1.807) is 36.4 Å². The molecule has 0 spiro atoms. The highest BCUT2D eigenvalue weighted by Gasteiger charge is 2.40. The molecular formula is C27H30N4O4. The second-order valence-corrected chi connectivity index (χ2v) is 9.66. The second kappa shape index (κ2) is 9.62. The number of piperazine rings is 1. The summed E-state index contributed by atoms with van der Waals surface area (Å²) in [7, 11) is 2.04. The number of fused-ring (bicyclic) bond motifs is 1. The predicted molar refractivity (Wildman–Crippen MR) is 132 cm³/mol. The Morgan fingerprint density at radius 1 is 0.800 bits per heavy atom. The standard InChI is InChI=1S/C27H30N4O4/c1-29-13-15-30(16-14-29)25(33)18-7-10-20(11-8-18)28-24(32)19-9-12-22-23(17-19)27(35)31(26(22)34)21-5-3-2-4-6-21/h7-12,17,21H,2-6,13-16H2,1H3,(H,28,32). The smallest absolute Gasteiger partial charge is 0.261 e. The Bertz CT molecular complexity index is 1160. The van der Waals surface area contributed by atoms with Gasteiger partial charge in [-0.15, -0.1) is 0 Å². The first-order valence-electron chi connectivity index (χ1n) is 12.3. The largest absolute Gasteiger partial charge is 0.336 e. The third-order valence-electron chi connectivity index (χ3n) is 7.30. The Morgan fingerprint density at radius 2 is 1.43 bits per heavy atom. The van der Waals surface area contributed by atoms with E-state index in [1.807, 2.05) is 11.9 Å². The van der Waals surface area contributed by atoms with Crippen molar-refractivity contribution in [1.29, 1.82) is 0 Å². The molecule has 5 rings (SSSR count). The average molecular weight is 475 g/mol. The first kappa shape index (κ1) is 23.2. The van der Waals surface area contributed by atoms with Crippen molar-refractivity contribution in [2.75, 3.05) is 38.5 Å². The zero-order valence-corrected chi connectivity index (χ0v) is 20.0. The minimum absolute atomic E-state index is 0.0136. The van der Waals surface area contributed by atoms with Crippen molar-refractivity contribution in [2.24, 2.45) is 0 Å². The van der Waals surface area contributed by atoms with E-state index >= 15 is 0 Å². The Kier molecular flexibility index (Phi) is 6.38. The van der Waals surface area contributed by atoms with Crippen LogP contribution in [0.5, 0.6) is 0 Å². The molecule has 0 bridgehead atoms. The molecule has 1 N–H and O–H groups in total. The maximum absolute atomic E-state index is 13.0. The van der Waals surface area contributed by atoms with Crippen molar-refractivity contribution < 1.29 is 19.2 Å². The summed E-state index contributed by atoms with van der Waals surface area (Å²) >= 11 is 0. The van der Waals surface area contributed by atoms with E-state index in [4.69, 9.17) is 0 Å². The number of nitrogens with one attached hydrogen (secondary N) is 1. The van der Waals surface area contributed by atoms with E-state index in [9.17, 15) is 19.2 Å². The van der Waals surface area contributed by atoms with Crippen LogP contribution in [-0.4, -0.2) is 77.6 Å². The normalized spacial score (nSPS) is 19.1. The maximum Gasteiger partial charge on any atom is 0.261 e. The lowest BCUT2D eigenvalue weighted by Crippen LogP contribution is -2.47. The van der Waals surface area contributed by atoms with Gasteiger partial charge >= 0.3 is 0 Å². The summed E-state index contributed by atoms with van der Waals surface area (Å²) in [4.78, 5) is 56.9. The van der Waals surface area contributed by atoms with Crippen LogP contribution < -0.4 is 5.32 Å². The third-order valence-corrected chi connectivity index (χ3v) is 7.30. The fourth-order valence-electron chi connectivity index (χ4n) is 5.16. The molecule has 0 unspecified atom stereocenters. The molecule has 8 heteroatoms. The molecule has 1 saturated heterocycles. The fraction of sp³-hybridized carbons (Fsp3) is 0.407. The number of hydrogen-bond donors (Lipinski definition) is 1. The summed E-state index contributed by atoms with van der Waals surface area (Å²) in [5.41, 5.74) is 2.10. The lowest BCUT2D eigenvalue weighted by atomic mass is 9.94. The molecule has 2 fully saturated rings. The molecule has 0 atom stereocenters. The van der Waals surface area contributed by atoms with Crippen LogP contribution in [0.4, 0.5) is 5.69 Å². The molecule has 1 aliphatic carbocycles. The zero-order chi connectivity index (χ0) is 24.5. The molecule has 35 heavy (non-hydrogen) atoms. The van der Waals surface area contributed by atoms with Gasteiger partial charge in [-0.3, -0.25) is 24.1 Å². The first-order valence-corrected chi connectivity index (χ1v) is 12.3. The number of anilines is 1. The molecule has 0 radical (unpaired) electrons. The van der Waals surface area contributed by atoms with Crippen molar-refractivity contribution in [2.45, 2.75) is 38.1 Å². The van der Waals surface area contributed by atoms with Crippen LogP contribution >= 0.6 is 0 Å². The summed E-state index contributed by atoms with van der Waals surface area (Å²) in [6, 6.07) is 11.4. The van der Waals surface area contributed by atoms with Crippen LogP contribution in [0.25, 0.3) is 0 Å². The van der Waals surface area contributed by atoms with E-state index in [0.29, 0.717) is 41.0 Å². The number of carbonyl (C=O) groups excluding carboxylic acids is 4. The number of benzene rings is 2. The fourth-order valence-corrected chi connectivity index (χ4v) is 5.16. The Balaban J connectivity index is 1.26. The number of hydrogen-bond acceptors (Lipinski definition) is 5. The van der Waals surface area contributed by atoms with Crippen molar-refractivity contribution in [3.05, 3.63) is 64.7 Å². The molecule has 8 nitrogen and oxygen atoms in total. The summed E-state index contributed by atoms with van der Waals surface area (Å²) in [6.45, 7) is 3.11. The van der Waals surface area contributed by atoms with E-state index < -0.39 is 0 Å². The number of carbonyl (C=O) groups is 4. The lowest BCUT2D eigenvalue weighted by Gasteiger charge is -2.32. The van der Waals surface area contributed by atoms with Gasteiger partial charge in [-0.2, -0.15) is 0 Å². The monoisotopic (exact) mass is 474 g/mol. The number of likely N-dealkylation sites (N-methyl/N-ethyl adjacent to an activating group) is 1. The molecule has 4 amide bonds. The van der Waals surface area contributed by atoms with Crippen molar-refractivity contribution in [3.8, 4) is 0 Å². The quantitative estimate of drug-likeness (QED) is 0.687. The van der Waals surface area contributed by atoms with Gasteiger partial charge < -0.3 is 15.1 Å². The summed E-state index contributed by atoms with van der Waals surface area (Å²) in [5, 5.41) is 2.82. The highest BCUT2D eigenvalue weighted by Crippen LogP contribution is 2.31. The van der Waals surface area contributed by atoms with Crippen molar-refractivity contribution >= 4 is 29.3 Å². The molecule has 2 aromatic rings. The van der Waals surface area contributed by atoms with E-state index in [1.165, 1.54) is 11.0 Å². The van der Waals surface area contributed by atoms with E-state index in [-0.39, 0.29) is 29.7 Å². The predicted octanol–water partition coefficient (Wildman–Crippen LogP) is 3.26. The van der Waals surface area contributed by atoms with Crippen LogP contribution in [0, 0.1) is 0 Å². The van der Waals surface area contributed by atoms with Crippen LogP contribution in [0.15, 0.2) is 42.5 Å². The van der Waals surface area contributed by atoms with Crippen molar-refractivity contribution in [1.82, 2.24) is 14.7 Å².